The first-order valence-electron chi connectivity index (χ1n) is 7.51. The molecule has 2 N–H and O–H groups in total. The van der Waals surface area contributed by atoms with Crippen LogP contribution in [0.5, 0.6) is 5.75 Å². The van der Waals surface area contributed by atoms with Crippen molar-refractivity contribution in [3.8, 4) is 5.75 Å². The van der Waals surface area contributed by atoms with Crippen LogP contribution in [0.1, 0.15) is 35.6 Å². The van der Waals surface area contributed by atoms with Gasteiger partial charge in [0, 0.05) is 17.7 Å². The lowest BCUT2D eigenvalue weighted by Gasteiger charge is -2.15. The van der Waals surface area contributed by atoms with Gasteiger partial charge >= 0.3 is 12.6 Å². The second-order valence-electron chi connectivity index (χ2n) is 5.40. The van der Waals surface area contributed by atoms with Crippen molar-refractivity contribution in [1.29, 1.82) is 0 Å². The highest BCUT2D eigenvalue weighted by Crippen LogP contribution is 2.22. The van der Waals surface area contributed by atoms with Gasteiger partial charge in [-0.05, 0) is 32.9 Å². The first-order chi connectivity index (χ1) is 11.4. The molecule has 0 aliphatic heterocycles. The summed E-state index contributed by atoms with van der Waals surface area (Å²) >= 11 is 0. The van der Waals surface area contributed by atoms with Crippen LogP contribution in [0.4, 0.5) is 13.6 Å². The zero-order chi connectivity index (χ0) is 17.7. The maximum Gasteiger partial charge on any atom is 0.387 e. The SMILES string of the molecule is Cc1cc(C(C)NC(=O)NCc2ccccc2OC(F)F)c(C)o1. The number of benzene rings is 1. The number of halogens is 2. The molecule has 0 aliphatic rings. The van der Waals surface area contributed by atoms with Gasteiger partial charge in [0.2, 0.25) is 0 Å². The van der Waals surface area contributed by atoms with Gasteiger partial charge in [-0.15, -0.1) is 0 Å². The van der Waals surface area contributed by atoms with Gasteiger partial charge in [-0.3, -0.25) is 0 Å². The van der Waals surface area contributed by atoms with Crippen molar-refractivity contribution in [3.63, 3.8) is 0 Å². The van der Waals surface area contributed by atoms with Crippen LogP contribution in [0.3, 0.4) is 0 Å². The number of ether oxygens (including phenoxy) is 1. The predicted octanol–water partition coefficient (Wildman–Crippen LogP) is 4.06. The molecule has 1 aromatic heterocycles. The van der Waals surface area contributed by atoms with Crippen molar-refractivity contribution < 1.29 is 22.7 Å². The van der Waals surface area contributed by atoms with E-state index in [1.165, 1.54) is 6.07 Å². The van der Waals surface area contributed by atoms with E-state index in [1.807, 2.05) is 26.8 Å². The van der Waals surface area contributed by atoms with Crippen LogP contribution in [0.25, 0.3) is 0 Å². The average Bonchev–Trinajstić information content (AvgIpc) is 2.84. The van der Waals surface area contributed by atoms with Crippen molar-refractivity contribution >= 4 is 6.03 Å². The predicted molar refractivity (Wildman–Crippen MR) is 85.0 cm³/mol. The summed E-state index contributed by atoms with van der Waals surface area (Å²) in [5, 5.41) is 5.42. The molecule has 5 nitrogen and oxygen atoms in total. The van der Waals surface area contributed by atoms with E-state index in [9.17, 15) is 13.6 Å². The van der Waals surface area contributed by atoms with Crippen molar-refractivity contribution in [1.82, 2.24) is 10.6 Å². The maximum atomic E-state index is 12.4. The second-order valence-corrected chi connectivity index (χ2v) is 5.40. The quantitative estimate of drug-likeness (QED) is 0.835. The van der Waals surface area contributed by atoms with Crippen molar-refractivity contribution in [2.24, 2.45) is 0 Å². The maximum absolute atomic E-state index is 12.4. The lowest BCUT2D eigenvalue weighted by molar-refractivity contribution is -0.0504. The summed E-state index contributed by atoms with van der Waals surface area (Å²) in [5.74, 6) is 1.56. The van der Waals surface area contributed by atoms with E-state index < -0.39 is 12.6 Å². The molecule has 24 heavy (non-hydrogen) atoms. The topological polar surface area (TPSA) is 63.5 Å². The number of amides is 2. The molecule has 0 saturated heterocycles. The minimum Gasteiger partial charge on any atom is -0.466 e. The third-order valence-corrected chi connectivity index (χ3v) is 3.52. The summed E-state index contributed by atoms with van der Waals surface area (Å²) in [5.41, 5.74) is 1.36. The standard InChI is InChI=1S/C17H20F2N2O3/c1-10-8-14(12(3)23-10)11(2)21-17(22)20-9-13-6-4-5-7-15(13)24-16(18)19/h4-8,11,16H,9H2,1-3H3,(H2,20,21,22). The minimum atomic E-state index is -2.91. The van der Waals surface area contributed by atoms with Gasteiger partial charge in [-0.1, -0.05) is 18.2 Å². The summed E-state index contributed by atoms with van der Waals surface area (Å²) < 4.78 is 34.6. The fourth-order valence-electron chi connectivity index (χ4n) is 2.44. The first-order valence-corrected chi connectivity index (χ1v) is 7.51. The average molecular weight is 338 g/mol. The smallest absolute Gasteiger partial charge is 0.387 e. The van der Waals surface area contributed by atoms with Crippen LogP contribution in [-0.4, -0.2) is 12.6 Å². The van der Waals surface area contributed by atoms with E-state index in [-0.39, 0.29) is 18.3 Å². The molecule has 0 fully saturated rings. The number of para-hydroxylation sites is 1. The highest BCUT2D eigenvalue weighted by atomic mass is 19.3. The number of urea groups is 1. The van der Waals surface area contributed by atoms with Crippen LogP contribution >= 0.6 is 0 Å². The zero-order valence-electron chi connectivity index (χ0n) is 13.7. The zero-order valence-corrected chi connectivity index (χ0v) is 13.7. The summed E-state index contributed by atoms with van der Waals surface area (Å²) in [6.07, 6.45) is 0. The summed E-state index contributed by atoms with van der Waals surface area (Å²) in [6, 6.07) is 7.54. The van der Waals surface area contributed by atoms with Crippen LogP contribution in [-0.2, 0) is 6.54 Å². The number of hydrogen-bond donors (Lipinski definition) is 2. The van der Waals surface area contributed by atoms with Crippen LogP contribution < -0.4 is 15.4 Å². The van der Waals surface area contributed by atoms with Crippen LogP contribution in [0.2, 0.25) is 0 Å². The van der Waals surface area contributed by atoms with Gasteiger partial charge in [0.05, 0.1) is 6.04 Å². The molecule has 1 unspecified atom stereocenters. The Morgan fingerprint density at radius 2 is 2.00 bits per heavy atom. The third kappa shape index (κ3) is 4.71. The molecule has 130 valence electrons. The van der Waals surface area contributed by atoms with Gasteiger partial charge in [-0.25, -0.2) is 4.79 Å². The van der Waals surface area contributed by atoms with E-state index in [4.69, 9.17) is 4.42 Å². The number of carbonyl (C=O) groups is 1. The molecule has 0 spiro atoms. The lowest BCUT2D eigenvalue weighted by atomic mass is 10.1. The number of furan rings is 1. The minimum absolute atomic E-state index is 0.0437. The largest absolute Gasteiger partial charge is 0.466 e. The van der Waals surface area contributed by atoms with Crippen molar-refractivity contribution in [2.75, 3.05) is 0 Å². The molecular formula is C17H20F2N2O3. The number of nitrogens with one attached hydrogen (secondary N) is 2. The Morgan fingerprint density at radius 3 is 2.62 bits per heavy atom. The molecule has 2 aromatic rings. The van der Waals surface area contributed by atoms with Crippen LogP contribution in [0, 0.1) is 13.8 Å². The highest BCUT2D eigenvalue weighted by molar-refractivity contribution is 5.74. The number of alkyl halides is 2. The fraction of sp³-hybridized carbons (Fsp3) is 0.353. The number of hydrogen-bond acceptors (Lipinski definition) is 3. The van der Waals surface area contributed by atoms with Gasteiger partial charge in [0.25, 0.3) is 0 Å². The summed E-state index contributed by atoms with van der Waals surface area (Å²) in [6.45, 7) is 2.67. The molecule has 0 aliphatic carbocycles. The molecule has 0 saturated carbocycles. The molecule has 1 aromatic carbocycles. The van der Waals surface area contributed by atoms with E-state index >= 15 is 0 Å². The Balaban J connectivity index is 1.93. The molecular weight excluding hydrogens is 318 g/mol. The fourth-order valence-corrected chi connectivity index (χ4v) is 2.44. The Morgan fingerprint density at radius 1 is 1.29 bits per heavy atom. The molecule has 1 heterocycles. The van der Waals surface area contributed by atoms with E-state index in [0.29, 0.717) is 5.56 Å². The monoisotopic (exact) mass is 338 g/mol. The van der Waals surface area contributed by atoms with Crippen LogP contribution in [0.15, 0.2) is 34.7 Å². The molecule has 2 amide bonds. The lowest BCUT2D eigenvalue weighted by Crippen LogP contribution is -2.36. The molecule has 7 heteroatoms. The molecule has 0 radical (unpaired) electrons. The Kier molecular flexibility index (Phi) is 5.78. The van der Waals surface area contributed by atoms with Gasteiger partial charge in [0.1, 0.15) is 17.3 Å². The summed E-state index contributed by atoms with van der Waals surface area (Å²) in [4.78, 5) is 12.0. The number of carbonyl (C=O) groups excluding carboxylic acids is 1. The van der Waals surface area contributed by atoms with Gasteiger partial charge in [0.15, 0.2) is 0 Å². The van der Waals surface area contributed by atoms with E-state index in [1.54, 1.807) is 18.2 Å². The first kappa shape index (κ1) is 17.8. The molecule has 0 bridgehead atoms. The number of aryl methyl sites for hydroxylation is 2. The Bertz CT molecular complexity index is 701. The number of rotatable bonds is 6. The Hall–Kier alpha value is -2.57. The van der Waals surface area contributed by atoms with Gasteiger partial charge < -0.3 is 19.8 Å². The van der Waals surface area contributed by atoms with Gasteiger partial charge in [-0.2, -0.15) is 8.78 Å². The molecule has 1 atom stereocenters. The summed E-state index contributed by atoms with van der Waals surface area (Å²) in [7, 11) is 0. The Labute approximate surface area is 139 Å². The molecule has 2 rings (SSSR count). The van der Waals surface area contributed by atoms with Crippen molar-refractivity contribution in [2.45, 2.75) is 40.0 Å². The normalized spacial score (nSPS) is 12.1. The van der Waals surface area contributed by atoms with E-state index in [2.05, 4.69) is 15.4 Å². The van der Waals surface area contributed by atoms with Crippen molar-refractivity contribution in [3.05, 3.63) is 53.0 Å². The van der Waals surface area contributed by atoms with E-state index in [0.717, 1.165) is 17.1 Å². The second kappa shape index (κ2) is 7.81. The highest BCUT2D eigenvalue weighted by Gasteiger charge is 2.15. The third-order valence-electron chi connectivity index (χ3n) is 3.52.